The Morgan fingerprint density at radius 2 is 2.00 bits per heavy atom. The van der Waals surface area contributed by atoms with E-state index in [0.29, 0.717) is 6.54 Å². The summed E-state index contributed by atoms with van der Waals surface area (Å²) in [5.74, 6) is 0.849. The number of rotatable bonds is 11. The monoisotopic (exact) mass is 454 g/mol. The molecule has 2 N–H and O–H groups in total. The number of unbranched alkanes of at least 4 members (excludes halogenated alkanes) is 1. The lowest BCUT2D eigenvalue weighted by Gasteiger charge is -2.11. The van der Waals surface area contributed by atoms with E-state index in [4.69, 9.17) is 4.74 Å². The zero-order valence-corrected chi connectivity index (χ0v) is 17.7. The molecule has 5 nitrogen and oxygen atoms in total. The van der Waals surface area contributed by atoms with E-state index in [-0.39, 0.29) is 24.0 Å². The molecule has 1 rings (SSSR count). The summed E-state index contributed by atoms with van der Waals surface area (Å²) in [5.41, 5.74) is 1.04. The fourth-order valence-corrected chi connectivity index (χ4v) is 2.55. The maximum absolute atomic E-state index is 5.55. The molecule has 1 aromatic heterocycles. The Balaban J connectivity index is 0.00000484. The van der Waals surface area contributed by atoms with Gasteiger partial charge in [-0.1, -0.05) is 20.3 Å². The average Bonchev–Trinajstić information content (AvgIpc) is 2.99. The van der Waals surface area contributed by atoms with Gasteiger partial charge >= 0.3 is 0 Å². The molecule has 0 aliphatic carbocycles. The number of aromatic nitrogens is 1. The first-order valence-electron chi connectivity index (χ1n) is 8.33. The molecule has 0 aromatic carbocycles. The second-order valence-corrected chi connectivity index (χ2v) is 5.97. The fraction of sp³-hybridized carbons (Fsp3) is 0.750. The van der Waals surface area contributed by atoms with E-state index in [1.54, 1.807) is 11.3 Å². The van der Waals surface area contributed by atoms with Crippen molar-refractivity contribution in [2.24, 2.45) is 4.99 Å². The molecule has 0 radical (unpaired) electrons. The van der Waals surface area contributed by atoms with E-state index in [9.17, 15) is 0 Å². The van der Waals surface area contributed by atoms with Gasteiger partial charge in [-0.3, -0.25) is 0 Å². The van der Waals surface area contributed by atoms with Crippen LogP contribution in [-0.2, 0) is 17.7 Å². The zero-order chi connectivity index (χ0) is 16.0. The van der Waals surface area contributed by atoms with Crippen LogP contribution in [0, 0.1) is 0 Å². The Morgan fingerprint density at radius 1 is 1.22 bits per heavy atom. The fourth-order valence-electron chi connectivity index (χ4n) is 1.82. The second-order valence-electron chi connectivity index (χ2n) is 5.03. The maximum atomic E-state index is 5.55. The average molecular weight is 454 g/mol. The highest BCUT2D eigenvalue weighted by molar-refractivity contribution is 14.0. The van der Waals surface area contributed by atoms with Crippen molar-refractivity contribution in [2.45, 2.75) is 53.0 Å². The Bertz CT molecular complexity index is 426. The molecule has 0 bridgehead atoms. The van der Waals surface area contributed by atoms with Crippen LogP contribution in [-0.4, -0.2) is 37.2 Å². The quantitative estimate of drug-likeness (QED) is 0.232. The Labute approximate surface area is 161 Å². The molecule has 0 saturated carbocycles. The van der Waals surface area contributed by atoms with Crippen LogP contribution in [0.15, 0.2) is 10.4 Å². The molecule has 134 valence electrons. The van der Waals surface area contributed by atoms with Crippen molar-refractivity contribution in [1.82, 2.24) is 15.6 Å². The van der Waals surface area contributed by atoms with Gasteiger partial charge in [-0.05, 0) is 26.2 Å². The highest BCUT2D eigenvalue weighted by atomic mass is 127. The molecule has 1 heterocycles. The van der Waals surface area contributed by atoms with Gasteiger partial charge < -0.3 is 15.4 Å². The normalized spacial score (nSPS) is 11.2. The third kappa shape index (κ3) is 10.9. The van der Waals surface area contributed by atoms with Gasteiger partial charge in [-0.25, -0.2) is 9.98 Å². The molecular formula is C16H31IN4OS. The van der Waals surface area contributed by atoms with Gasteiger partial charge in [0.25, 0.3) is 0 Å². The predicted molar refractivity (Wildman–Crippen MR) is 110 cm³/mol. The number of guanidine groups is 1. The first kappa shape index (κ1) is 22.6. The van der Waals surface area contributed by atoms with E-state index in [1.165, 1.54) is 11.4 Å². The molecule has 0 spiro atoms. The number of nitrogens with one attached hydrogen (secondary N) is 2. The van der Waals surface area contributed by atoms with Crippen molar-refractivity contribution in [2.75, 3.05) is 26.3 Å². The Hall–Kier alpha value is -0.410. The van der Waals surface area contributed by atoms with E-state index < -0.39 is 0 Å². The summed E-state index contributed by atoms with van der Waals surface area (Å²) in [5, 5.41) is 9.86. The Kier molecular flexibility index (Phi) is 14.9. The van der Waals surface area contributed by atoms with Crippen LogP contribution in [0.2, 0.25) is 0 Å². The van der Waals surface area contributed by atoms with Gasteiger partial charge in [0.05, 0.1) is 17.2 Å². The van der Waals surface area contributed by atoms with E-state index in [2.05, 4.69) is 46.8 Å². The van der Waals surface area contributed by atoms with Crippen molar-refractivity contribution in [1.29, 1.82) is 0 Å². The molecule has 0 amide bonds. The molecule has 1 aromatic rings. The summed E-state index contributed by atoms with van der Waals surface area (Å²) in [6, 6.07) is 0. The smallest absolute Gasteiger partial charge is 0.191 e. The molecule has 0 atom stereocenters. The molecular weight excluding hydrogens is 423 g/mol. The molecule has 0 unspecified atom stereocenters. The van der Waals surface area contributed by atoms with E-state index in [0.717, 1.165) is 57.2 Å². The molecule has 23 heavy (non-hydrogen) atoms. The minimum Gasteiger partial charge on any atom is -0.381 e. The SMILES string of the molecule is CCCCOCCCNC(=NCc1csc(CC)n1)NCC.I. The van der Waals surface area contributed by atoms with Crippen LogP contribution < -0.4 is 10.6 Å². The van der Waals surface area contributed by atoms with Gasteiger partial charge in [0.15, 0.2) is 5.96 Å². The standard InChI is InChI=1S/C16H30N4OS.HI/c1-4-7-10-21-11-8-9-18-16(17-6-3)19-12-14-13-22-15(5-2)20-14;/h13H,4-12H2,1-3H3,(H2,17,18,19);1H. The van der Waals surface area contributed by atoms with Crippen LogP contribution in [0.3, 0.4) is 0 Å². The Morgan fingerprint density at radius 3 is 2.65 bits per heavy atom. The third-order valence-corrected chi connectivity index (χ3v) is 4.09. The van der Waals surface area contributed by atoms with E-state index in [1.807, 2.05) is 0 Å². The summed E-state index contributed by atoms with van der Waals surface area (Å²) in [7, 11) is 0. The number of thiazole rings is 1. The van der Waals surface area contributed by atoms with Gasteiger partial charge in [0.1, 0.15) is 0 Å². The number of hydrogen-bond donors (Lipinski definition) is 2. The first-order chi connectivity index (χ1) is 10.8. The number of aryl methyl sites for hydroxylation is 1. The summed E-state index contributed by atoms with van der Waals surface area (Å²) < 4.78 is 5.55. The molecule has 0 saturated heterocycles. The number of hydrogen-bond acceptors (Lipinski definition) is 4. The van der Waals surface area contributed by atoms with Crippen molar-refractivity contribution in [3.05, 3.63) is 16.1 Å². The van der Waals surface area contributed by atoms with Crippen LogP contribution in [0.1, 0.15) is 50.7 Å². The van der Waals surface area contributed by atoms with Crippen molar-refractivity contribution in [3.8, 4) is 0 Å². The van der Waals surface area contributed by atoms with Crippen LogP contribution in [0.5, 0.6) is 0 Å². The lowest BCUT2D eigenvalue weighted by molar-refractivity contribution is 0.129. The topological polar surface area (TPSA) is 58.5 Å². The third-order valence-electron chi connectivity index (χ3n) is 3.05. The molecule has 0 aliphatic rings. The summed E-state index contributed by atoms with van der Waals surface area (Å²) in [6.07, 6.45) is 4.31. The predicted octanol–water partition coefficient (Wildman–Crippen LogP) is 3.59. The van der Waals surface area contributed by atoms with Crippen LogP contribution in [0.25, 0.3) is 0 Å². The minimum atomic E-state index is 0. The summed E-state index contributed by atoms with van der Waals surface area (Å²) >= 11 is 1.71. The van der Waals surface area contributed by atoms with Gasteiger partial charge in [0, 0.05) is 31.7 Å². The summed E-state index contributed by atoms with van der Waals surface area (Å²) in [6.45, 7) is 10.4. The van der Waals surface area contributed by atoms with Gasteiger partial charge in [-0.15, -0.1) is 35.3 Å². The van der Waals surface area contributed by atoms with Crippen molar-refractivity contribution in [3.63, 3.8) is 0 Å². The number of aliphatic imine (C=N–C) groups is 1. The minimum absolute atomic E-state index is 0. The number of nitrogens with zero attached hydrogens (tertiary/aromatic N) is 2. The zero-order valence-electron chi connectivity index (χ0n) is 14.6. The lowest BCUT2D eigenvalue weighted by Crippen LogP contribution is -2.38. The maximum Gasteiger partial charge on any atom is 0.191 e. The van der Waals surface area contributed by atoms with Gasteiger partial charge in [-0.2, -0.15) is 0 Å². The van der Waals surface area contributed by atoms with Crippen LogP contribution in [0.4, 0.5) is 0 Å². The first-order valence-corrected chi connectivity index (χ1v) is 9.21. The molecule has 0 fully saturated rings. The highest BCUT2D eigenvalue weighted by Crippen LogP contribution is 2.10. The van der Waals surface area contributed by atoms with Gasteiger partial charge in [0.2, 0.25) is 0 Å². The van der Waals surface area contributed by atoms with E-state index >= 15 is 0 Å². The highest BCUT2D eigenvalue weighted by Gasteiger charge is 2.01. The second kappa shape index (κ2) is 15.1. The molecule has 0 aliphatic heterocycles. The largest absolute Gasteiger partial charge is 0.381 e. The summed E-state index contributed by atoms with van der Waals surface area (Å²) in [4.78, 5) is 9.11. The number of ether oxygens (including phenoxy) is 1. The van der Waals surface area contributed by atoms with Crippen molar-refractivity contribution < 1.29 is 4.74 Å². The van der Waals surface area contributed by atoms with Crippen LogP contribution >= 0.6 is 35.3 Å². The molecule has 7 heteroatoms. The number of halogens is 1. The van der Waals surface area contributed by atoms with Crippen molar-refractivity contribution >= 4 is 41.3 Å². The lowest BCUT2D eigenvalue weighted by atomic mass is 10.4.